The van der Waals surface area contributed by atoms with Gasteiger partial charge in [-0.3, -0.25) is 4.79 Å². The fraction of sp³-hybridized carbons (Fsp3) is 0.348. The lowest BCUT2D eigenvalue weighted by Gasteiger charge is -2.41. The van der Waals surface area contributed by atoms with E-state index in [1.165, 1.54) is 0 Å². The number of benzene rings is 1. The monoisotopic (exact) mass is 400 g/mol. The second kappa shape index (κ2) is 7.48. The Labute approximate surface area is 175 Å². The van der Waals surface area contributed by atoms with Gasteiger partial charge in [0.25, 0.3) is 5.91 Å². The van der Waals surface area contributed by atoms with E-state index in [2.05, 4.69) is 24.8 Å². The Morgan fingerprint density at radius 2 is 1.57 bits per heavy atom. The Hall–Kier alpha value is -3.35. The summed E-state index contributed by atoms with van der Waals surface area (Å²) < 4.78 is 0. The van der Waals surface area contributed by atoms with Crippen molar-refractivity contribution in [2.24, 2.45) is 0 Å². The van der Waals surface area contributed by atoms with Crippen LogP contribution in [0.2, 0.25) is 0 Å². The number of carbonyl (C=O) groups is 1. The summed E-state index contributed by atoms with van der Waals surface area (Å²) in [6, 6.07) is 11.9. The summed E-state index contributed by atoms with van der Waals surface area (Å²) in [5.41, 5.74) is 3.38. The van der Waals surface area contributed by atoms with Crippen molar-refractivity contribution in [1.82, 2.24) is 24.8 Å². The minimum atomic E-state index is 0.0379. The summed E-state index contributed by atoms with van der Waals surface area (Å²) in [5.74, 6) is 1.41. The molecule has 30 heavy (non-hydrogen) atoms. The Balaban J connectivity index is 1.42. The van der Waals surface area contributed by atoms with Crippen LogP contribution >= 0.6 is 0 Å². The van der Waals surface area contributed by atoms with Crippen molar-refractivity contribution < 1.29 is 4.79 Å². The maximum absolute atomic E-state index is 13.5. The molecule has 7 heteroatoms. The molecular formula is C23H24N6O. The number of nitrogens with zero attached hydrogens (tertiary/aromatic N) is 6. The summed E-state index contributed by atoms with van der Waals surface area (Å²) >= 11 is 0. The molecule has 4 heterocycles. The maximum atomic E-state index is 13.5. The second-order valence-corrected chi connectivity index (χ2v) is 8.07. The molecule has 2 aromatic heterocycles. The highest BCUT2D eigenvalue weighted by atomic mass is 16.2. The van der Waals surface area contributed by atoms with Gasteiger partial charge in [-0.15, -0.1) is 0 Å². The van der Waals surface area contributed by atoms with E-state index in [-0.39, 0.29) is 18.0 Å². The molecule has 2 bridgehead atoms. The van der Waals surface area contributed by atoms with Gasteiger partial charge in [-0.05, 0) is 44.9 Å². The molecule has 2 saturated heterocycles. The van der Waals surface area contributed by atoms with Gasteiger partial charge in [0.15, 0.2) is 5.82 Å². The number of aromatic nitrogens is 4. The van der Waals surface area contributed by atoms with Gasteiger partial charge < -0.3 is 9.80 Å². The molecule has 0 aliphatic carbocycles. The predicted molar refractivity (Wildman–Crippen MR) is 114 cm³/mol. The van der Waals surface area contributed by atoms with E-state index in [4.69, 9.17) is 0 Å². The molecule has 3 aromatic rings. The standard InChI is InChI=1S/C23H24N6O/c1-15-12-16(2)27-23(26-15)29-17-8-9-18(29)14-28(13-17)22(30)20-7-4-3-6-19(20)21-24-10-5-11-25-21/h3-7,10-12,17-18H,8-9,13-14H2,1-2H3. The van der Waals surface area contributed by atoms with Crippen molar-refractivity contribution in [3.05, 3.63) is 65.7 Å². The van der Waals surface area contributed by atoms with Gasteiger partial charge in [0, 0.05) is 54.5 Å². The van der Waals surface area contributed by atoms with Crippen molar-refractivity contribution >= 4 is 11.9 Å². The lowest BCUT2D eigenvalue weighted by atomic mass is 10.0. The van der Waals surface area contributed by atoms with E-state index in [1.54, 1.807) is 18.5 Å². The number of likely N-dealkylation sites (tertiary alicyclic amines) is 1. The Bertz CT molecular complexity index is 1050. The molecule has 7 nitrogen and oxygen atoms in total. The van der Waals surface area contributed by atoms with E-state index in [0.717, 1.165) is 35.7 Å². The van der Waals surface area contributed by atoms with Crippen molar-refractivity contribution in [2.45, 2.75) is 38.8 Å². The Morgan fingerprint density at radius 3 is 2.23 bits per heavy atom. The van der Waals surface area contributed by atoms with Crippen LogP contribution in [0, 0.1) is 13.8 Å². The first-order valence-electron chi connectivity index (χ1n) is 10.4. The van der Waals surface area contributed by atoms with Gasteiger partial charge in [-0.1, -0.05) is 18.2 Å². The largest absolute Gasteiger partial charge is 0.334 e. The molecule has 1 amide bonds. The van der Waals surface area contributed by atoms with Crippen LogP contribution in [-0.2, 0) is 0 Å². The van der Waals surface area contributed by atoms with Crippen LogP contribution in [0.3, 0.4) is 0 Å². The first-order chi connectivity index (χ1) is 14.6. The second-order valence-electron chi connectivity index (χ2n) is 8.07. The lowest BCUT2D eigenvalue weighted by molar-refractivity contribution is 0.0717. The molecular weight excluding hydrogens is 376 g/mol. The molecule has 5 rings (SSSR count). The molecule has 152 valence electrons. The number of hydrogen-bond donors (Lipinski definition) is 0. The lowest BCUT2D eigenvalue weighted by Crippen LogP contribution is -2.56. The van der Waals surface area contributed by atoms with Gasteiger partial charge in [0.1, 0.15) is 0 Å². The average Bonchev–Trinajstić information content (AvgIpc) is 3.02. The van der Waals surface area contributed by atoms with Crippen LogP contribution < -0.4 is 4.90 Å². The van der Waals surface area contributed by atoms with Gasteiger partial charge >= 0.3 is 0 Å². The van der Waals surface area contributed by atoms with Crippen molar-refractivity contribution in [3.8, 4) is 11.4 Å². The molecule has 1 aromatic carbocycles. The summed E-state index contributed by atoms with van der Waals surface area (Å²) in [4.78, 5) is 35.8. The number of piperazine rings is 1. The van der Waals surface area contributed by atoms with Gasteiger partial charge in [-0.25, -0.2) is 19.9 Å². The first kappa shape index (κ1) is 18.7. The number of hydrogen-bond acceptors (Lipinski definition) is 6. The SMILES string of the molecule is Cc1cc(C)nc(N2C3CCC2CN(C(=O)c2ccccc2-c2ncccn2)C3)n1. The fourth-order valence-corrected chi connectivity index (χ4v) is 4.69. The summed E-state index contributed by atoms with van der Waals surface area (Å²) in [5, 5.41) is 0. The van der Waals surface area contributed by atoms with E-state index >= 15 is 0 Å². The molecule has 2 atom stereocenters. The first-order valence-corrected chi connectivity index (χ1v) is 10.4. The quantitative estimate of drug-likeness (QED) is 0.673. The Morgan fingerprint density at radius 1 is 0.933 bits per heavy atom. The smallest absolute Gasteiger partial charge is 0.254 e. The molecule has 2 aliphatic heterocycles. The maximum Gasteiger partial charge on any atom is 0.254 e. The summed E-state index contributed by atoms with van der Waals surface area (Å²) in [6.45, 7) is 5.36. The highest BCUT2D eigenvalue weighted by Gasteiger charge is 2.43. The third-order valence-corrected chi connectivity index (χ3v) is 5.93. The molecule has 0 saturated carbocycles. The minimum Gasteiger partial charge on any atom is -0.334 e. The fourth-order valence-electron chi connectivity index (χ4n) is 4.69. The van der Waals surface area contributed by atoms with E-state index in [0.29, 0.717) is 24.5 Å². The zero-order chi connectivity index (χ0) is 20.7. The topological polar surface area (TPSA) is 75.1 Å². The number of amides is 1. The number of anilines is 1. The molecule has 0 radical (unpaired) electrons. The third kappa shape index (κ3) is 3.30. The molecule has 2 fully saturated rings. The Kier molecular flexibility index (Phi) is 4.65. The van der Waals surface area contributed by atoms with Gasteiger partial charge in [0.2, 0.25) is 5.95 Å². The zero-order valence-corrected chi connectivity index (χ0v) is 17.2. The zero-order valence-electron chi connectivity index (χ0n) is 17.2. The molecule has 0 spiro atoms. The predicted octanol–water partition coefficient (Wildman–Crippen LogP) is 3.04. The van der Waals surface area contributed by atoms with E-state index in [9.17, 15) is 4.79 Å². The summed E-state index contributed by atoms with van der Waals surface area (Å²) in [6.07, 6.45) is 5.50. The molecule has 2 aliphatic rings. The van der Waals surface area contributed by atoms with Crippen LogP contribution in [0.5, 0.6) is 0 Å². The van der Waals surface area contributed by atoms with E-state index in [1.807, 2.05) is 49.1 Å². The van der Waals surface area contributed by atoms with Crippen LogP contribution in [-0.4, -0.2) is 55.9 Å². The van der Waals surface area contributed by atoms with E-state index < -0.39 is 0 Å². The average molecular weight is 400 g/mol. The van der Waals surface area contributed by atoms with Crippen LogP contribution in [0.25, 0.3) is 11.4 Å². The van der Waals surface area contributed by atoms with Gasteiger partial charge in [0.05, 0.1) is 5.56 Å². The van der Waals surface area contributed by atoms with Crippen molar-refractivity contribution in [3.63, 3.8) is 0 Å². The number of fused-ring (bicyclic) bond motifs is 2. The molecule has 2 unspecified atom stereocenters. The number of carbonyl (C=O) groups excluding carboxylic acids is 1. The number of rotatable bonds is 3. The minimum absolute atomic E-state index is 0.0379. The summed E-state index contributed by atoms with van der Waals surface area (Å²) in [7, 11) is 0. The van der Waals surface area contributed by atoms with Gasteiger partial charge in [-0.2, -0.15) is 0 Å². The van der Waals surface area contributed by atoms with Crippen LogP contribution in [0.4, 0.5) is 5.95 Å². The van der Waals surface area contributed by atoms with Crippen LogP contribution in [0.15, 0.2) is 48.8 Å². The number of aryl methyl sites for hydroxylation is 2. The normalized spacial score (nSPS) is 20.5. The highest BCUT2D eigenvalue weighted by molar-refractivity contribution is 6.00. The van der Waals surface area contributed by atoms with Crippen LogP contribution in [0.1, 0.15) is 34.6 Å². The van der Waals surface area contributed by atoms with Crippen molar-refractivity contribution in [2.75, 3.05) is 18.0 Å². The molecule has 0 N–H and O–H groups in total. The highest BCUT2D eigenvalue weighted by Crippen LogP contribution is 2.34. The van der Waals surface area contributed by atoms with Crippen molar-refractivity contribution in [1.29, 1.82) is 0 Å². The third-order valence-electron chi connectivity index (χ3n) is 5.93.